The number of nitrogens with one attached hydrogen (secondary N) is 1. The predicted molar refractivity (Wildman–Crippen MR) is 118 cm³/mol. The Morgan fingerprint density at radius 3 is 2.58 bits per heavy atom. The maximum Gasteiger partial charge on any atom is 0.274 e. The third-order valence-electron chi connectivity index (χ3n) is 6.30. The molecule has 1 aromatic carbocycles. The molecule has 1 aromatic heterocycles. The van der Waals surface area contributed by atoms with Gasteiger partial charge in [0.1, 0.15) is 29.6 Å². The SMILES string of the molecule is C/C1=N/OCC[C@H](C)N2C[C@H]([C@H]1F)n1cc(C(=O)NCc3c(F)cc(F)cc3F)c(=O)c(O)c1C2=O. The minimum Gasteiger partial charge on any atom is -0.503 e. The number of amides is 2. The molecule has 2 amide bonds. The summed E-state index contributed by atoms with van der Waals surface area (Å²) < 4.78 is 57.4. The number of hydrogen-bond donors (Lipinski definition) is 2. The highest BCUT2D eigenvalue weighted by Gasteiger charge is 2.41. The molecule has 0 aliphatic carbocycles. The van der Waals surface area contributed by atoms with Crippen molar-refractivity contribution >= 4 is 17.5 Å². The van der Waals surface area contributed by atoms with Gasteiger partial charge in [-0.25, -0.2) is 17.6 Å². The summed E-state index contributed by atoms with van der Waals surface area (Å²) in [5.74, 6) is -6.61. The molecule has 3 heterocycles. The highest BCUT2D eigenvalue weighted by molar-refractivity contribution is 5.99. The van der Waals surface area contributed by atoms with Crippen molar-refractivity contribution in [3.63, 3.8) is 0 Å². The Hall–Kier alpha value is -3.90. The molecule has 2 bridgehead atoms. The van der Waals surface area contributed by atoms with Crippen molar-refractivity contribution in [2.45, 2.75) is 45.1 Å². The molecule has 36 heavy (non-hydrogen) atoms. The van der Waals surface area contributed by atoms with E-state index >= 15 is 4.39 Å². The number of carbonyl (C=O) groups excluding carboxylic acids is 2. The summed E-state index contributed by atoms with van der Waals surface area (Å²) in [7, 11) is 0. The Morgan fingerprint density at radius 2 is 1.92 bits per heavy atom. The lowest BCUT2D eigenvalue weighted by atomic mass is 9.99. The van der Waals surface area contributed by atoms with Crippen LogP contribution in [0.3, 0.4) is 0 Å². The fourth-order valence-corrected chi connectivity index (χ4v) is 4.24. The van der Waals surface area contributed by atoms with E-state index in [9.17, 15) is 32.7 Å². The largest absolute Gasteiger partial charge is 0.503 e. The van der Waals surface area contributed by atoms with Crippen molar-refractivity contribution in [3.05, 3.63) is 62.8 Å². The molecule has 2 aliphatic heterocycles. The summed E-state index contributed by atoms with van der Waals surface area (Å²) in [5.41, 5.74) is -3.12. The first-order valence-electron chi connectivity index (χ1n) is 11.0. The number of hydrogen-bond acceptors (Lipinski definition) is 6. The number of halogens is 4. The summed E-state index contributed by atoms with van der Waals surface area (Å²) in [5, 5.41) is 16.5. The monoisotopic (exact) mass is 510 g/mol. The number of oxime groups is 1. The molecule has 2 N–H and O–H groups in total. The van der Waals surface area contributed by atoms with Gasteiger partial charge in [0.2, 0.25) is 5.43 Å². The zero-order valence-corrected chi connectivity index (χ0v) is 19.2. The zero-order valence-electron chi connectivity index (χ0n) is 19.2. The fourth-order valence-electron chi connectivity index (χ4n) is 4.24. The van der Waals surface area contributed by atoms with Crippen LogP contribution in [-0.2, 0) is 11.4 Å². The van der Waals surface area contributed by atoms with Gasteiger partial charge in [0.25, 0.3) is 11.8 Å². The summed E-state index contributed by atoms with van der Waals surface area (Å²) in [6, 6.07) is -0.753. The lowest BCUT2D eigenvalue weighted by Crippen LogP contribution is -2.52. The van der Waals surface area contributed by atoms with Gasteiger partial charge in [0.05, 0.1) is 11.8 Å². The van der Waals surface area contributed by atoms with Crippen molar-refractivity contribution in [1.82, 2.24) is 14.8 Å². The molecule has 2 aromatic rings. The molecule has 0 spiro atoms. The average Bonchev–Trinajstić information content (AvgIpc) is 2.81. The van der Waals surface area contributed by atoms with Crippen LogP contribution in [0.5, 0.6) is 5.75 Å². The first-order chi connectivity index (χ1) is 17.0. The number of rotatable bonds is 3. The second kappa shape index (κ2) is 9.63. The van der Waals surface area contributed by atoms with E-state index in [2.05, 4.69) is 10.5 Å². The molecule has 9 nitrogen and oxygen atoms in total. The summed E-state index contributed by atoms with van der Waals surface area (Å²) in [4.78, 5) is 45.1. The van der Waals surface area contributed by atoms with E-state index in [1.807, 2.05) is 0 Å². The second-order valence-corrected chi connectivity index (χ2v) is 8.64. The highest BCUT2D eigenvalue weighted by Crippen LogP contribution is 2.32. The van der Waals surface area contributed by atoms with Gasteiger partial charge in [-0.3, -0.25) is 14.4 Å². The highest BCUT2D eigenvalue weighted by atomic mass is 19.1. The normalized spacial score (nSPS) is 23.3. The van der Waals surface area contributed by atoms with Crippen molar-refractivity contribution < 1.29 is 37.1 Å². The van der Waals surface area contributed by atoms with Gasteiger partial charge in [-0.05, 0) is 13.8 Å². The van der Waals surface area contributed by atoms with E-state index in [1.165, 1.54) is 11.8 Å². The van der Waals surface area contributed by atoms with Crippen molar-refractivity contribution in [2.24, 2.45) is 5.16 Å². The van der Waals surface area contributed by atoms with Crippen molar-refractivity contribution in [1.29, 1.82) is 0 Å². The van der Waals surface area contributed by atoms with E-state index < -0.39 is 82.1 Å². The van der Waals surface area contributed by atoms with E-state index in [1.54, 1.807) is 6.92 Å². The molecule has 0 radical (unpaired) electrons. The average molecular weight is 510 g/mol. The molecule has 2 aliphatic rings. The van der Waals surface area contributed by atoms with Gasteiger partial charge in [-0.2, -0.15) is 0 Å². The molecule has 0 saturated carbocycles. The Labute approximate surface area is 201 Å². The van der Waals surface area contributed by atoms with Gasteiger partial charge >= 0.3 is 0 Å². The zero-order chi connectivity index (χ0) is 26.3. The maximum atomic E-state index is 15.4. The number of aromatic hydroxyl groups is 1. The van der Waals surface area contributed by atoms with Crippen LogP contribution in [0.4, 0.5) is 17.6 Å². The number of pyridine rings is 1. The lowest BCUT2D eigenvalue weighted by Gasteiger charge is -2.40. The van der Waals surface area contributed by atoms with Gasteiger partial charge in [0.15, 0.2) is 17.6 Å². The van der Waals surface area contributed by atoms with Crippen LogP contribution >= 0.6 is 0 Å². The van der Waals surface area contributed by atoms with Crippen molar-refractivity contribution in [2.75, 3.05) is 13.2 Å². The van der Waals surface area contributed by atoms with Crippen LogP contribution in [0.15, 0.2) is 28.3 Å². The van der Waals surface area contributed by atoms with Crippen LogP contribution in [0.2, 0.25) is 0 Å². The molecule has 192 valence electrons. The van der Waals surface area contributed by atoms with Crippen LogP contribution < -0.4 is 10.7 Å². The Kier molecular flexibility index (Phi) is 6.74. The van der Waals surface area contributed by atoms with E-state index in [-0.39, 0.29) is 18.9 Å². The maximum absolute atomic E-state index is 15.4. The van der Waals surface area contributed by atoms with Crippen LogP contribution in [0, 0.1) is 17.5 Å². The van der Waals surface area contributed by atoms with Crippen LogP contribution in [-0.4, -0.2) is 57.5 Å². The number of carbonyl (C=O) groups is 2. The molecule has 0 fully saturated rings. The molecule has 0 saturated heterocycles. The Morgan fingerprint density at radius 1 is 1.25 bits per heavy atom. The second-order valence-electron chi connectivity index (χ2n) is 8.64. The summed E-state index contributed by atoms with van der Waals surface area (Å²) in [6.45, 7) is 2.30. The smallest absolute Gasteiger partial charge is 0.274 e. The molecule has 13 heteroatoms. The van der Waals surface area contributed by atoms with Gasteiger partial charge in [-0.15, -0.1) is 0 Å². The number of fused-ring (bicyclic) bond motifs is 4. The van der Waals surface area contributed by atoms with Crippen LogP contribution in [0.1, 0.15) is 52.7 Å². The lowest BCUT2D eigenvalue weighted by molar-refractivity contribution is 0.0438. The minimum atomic E-state index is -1.81. The molecule has 4 rings (SSSR count). The molecule has 0 unspecified atom stereocenters. The standard InChI is InChI=1S/C23H22F4N4O5/c1-10-3-4-36-29-11(2)18(27)17-9-30(10)23(35)19-21(33)20(32)14(8-31(17)19)22(34)28-7-13-15(25)5-12(24)6-16(13)26/h5-6,8,10,17-18,33H,3-4,7,9H2,1-2H3,(H,28,34)/b29-11-/t10-,17+,18-/m0/s1. The Balaban J connectivity index is 1.75. The first kappa shape index (κ1) is 25.2. The topological polar surface area (TPSA) is 113 Å². The minimum absolute atomic E-state index is 0.0544. The third-order valence-corrected chi connectivity index (χ3v) is 6.30. The Bertz CT molecular complexity index is 1310. The number of benzene rings is 1. The molecular weight excluding hydrogens is 488 g/mol. The molecule has 3 atom stereocenters. The van der Waals surface area contributed by atoms with Gasteiger partial charge in [0, 0.05) is 49.4 Å². The number of alkyl halides is 1. The van der Waals surface area contributed by atoms with Crippen molar-refractivity contribution in [3.8, 4) is 5.75 Å². The first-order valence-corrected chi connectivity index (χ1v) is 11.0. The number of aromatic nitrogens is 1. The van der Waals surface area contributed by atoms with Gasteiger partial charge < -0.3 is 24.7 Å². The van der Waals surface area contributed by atoms with E-state index in [0.29, 0.717) is 18.6 Å². The van der Waals surface area contributed by atoms with Crippen LogP contribution in [0.25, 0.3) is 0 Å². The number of nitrogens with zero attached hydrogens (tertiary/aromatic N) is 3. The fraction of sp³-hybridized carbons (Fsp3) is 0.391. The predicted octanol–water partition coefficient (Wildman–Crippen LogP) is 2.42. The quantitative estimate of drug-likeness (QED) is 0.616. The van der Waals surface area contributed by atoms with Gasteiger partial charge in [-0.1, -0.05) is 5.16 Å². The van der Waals surface area contributed by atoms with E-state index in [0.717, 1.165) is 10.8 Å². The summed E-state index contributed by atoms with van der Waals surface area (Å²) >= 11 is 0. The third kappa shape index (κ3) is 4.40. The molecular formula is C23H22F4N4O5. The summed E-state index contributed by atoms with van der Waals surface area (Å²) in [6.07, 6.45) is -0.542. The van der Waals surface area contributed by atoms with E-state index in [4.69, 9.17) is 4.84 Å².